The van der Waals surface area contributed by atoms with Crippen molar-refractivity contribution >= 4 is 19.8 Å². The maximum absolute atomic E-state index is 12.8. The van der Waals surface area contributed by atoms with Gasteiger partial charge in [0.25, 0.3) is 0 Å². The largest absolute Gasteiger partial charge is 0.472 e. The highest BCUT2D eigenvalue weighted by atomic mass is 31.2. The molecular weight excluding hydrogens is 990 g/mol. The molecule has 0 spiro atoms. The quantitative estimate of drug-likeness (QED) is 0.0211. The molecule has 0 aliphatic rings. The Hall–Kier alpha value is -2.55. The van der Waals surface area contributed by atoms with Gasteiger partial charge < -0.3 is 18.9 Å². The summed E-state index contributed by atoms with van der Waals surface area (Å²) in [6.45, 7) is 4.33. The van der Waals surface area contributed by atoms with Crippen molar-refractivity contribution in [1.82, 2.24) is 0 Å². The second-order valence-corrected chi connectivity index (χ2v) is 24.6. The van der Waals surface area contributed by atoms with Crippen LogP contribution in [0.2, 0.25) is 0 Å². The molecule has 0 heterocycles. The van der Waals surface area contributed by atoms with Gasteiger partial charge in [0.1, 0.15) is 19.8 Å². The van der Waals surface area contributed by atoms with Crippen molar-refractivity contribution in [3.63, 3.8) is 0 Å². The molecule has 0 rings (SSSR count). The van der Waals surface area contributed by atoms with Gasteiger partial charge in [-0.15, -0.1) is 0 Å². The highest BCUT2D eigenvalue weighted by Crippen LogP contribution is 2.43. The SMILES string of the molecule is CC/C=C\C/C=C\C/C=C\CCCCCCCCCC(=O)OCC(COP(=O)(O)OCC[N+](C)(C)C)OC(=O)CCCCCCCCCCCCCCCCCCCCCCCC/C=C\C/C=C\C/C=C\CCCCCCC. The van der Waals surface area contributed by atoms with Crippen LogP contribution in [0.4, 0.5) is 0 Å². The summed E-state index contributed by atoms with van der Waals surface area (Å²) in [5.41, 5.74) is 0. The third kappa shape index (κ3) is 62.6. The topological polar surface area (TPSA) is 108 Å². The second-order valence-electron chi connectivity index (χ2n) is 23.1. The molecule has 1 N–H and O–H groups in total. The van der Waals surface area contributed by atoms with Crippen LogP contribution in [0.15, 0.2) is 72.9 Å². The fourth-order valence-electron chi connectivity index (χ4n) is 9.22. The molecular formula is C68H125NO8P+. The van der Waals surface area contributed by atoms with Crippen molar-refractivity contribution in [3.8, 4) is 0 Å². The van der Waals surface area contributed by atoms with E-state index in [0.717, 1.165) is 77.0 Å². The zero-order chi connectivity index (χ0) is 57.0. The van der Waals surface area contributed by atoms with E-state index in [9.17, 15) is 19.0 Å². The predicted molar refractivity (Wildman–Crippen MR) is 335 cm³/mol. The van der Waals surface area contributed by atoms with Gasteiger partial charge in [0.15, 0.2) is 6.10 Å². The highest BCUT2D eigenvalue weighted by molar-refractivity contribution is 7.47. The second kappa shape index (κ2) is 59.1. The van der Waals surface area contributed by atoms with Gasteiger partial charge in [-0.05, 0) is 83.5 Å². The molecule has 0 bridgehead atoms. The van der Waals surface area contributed by atoms with Crippen LogP contribution in [0.25, 0.3) is 0 Å². The van der Waals surface area contributed by atoms with Crippen LogP contribution in [-0.2, 0) is 32.7 Å². The van der Waals surface area contributed by atoms with Crippen LogP contribution in [0.1, 0.15) is 296 Å². The number of hydrogen-bond acceptors (Lipinski definition) is 7. The van der Waals surface area contributed by atoms with E-state index in [1.54, 1.807) is 0 Å². The number of phosphoric ester groups is 1. The summed E-state index contributed by atoms with van der Waals surface area (Å²) in [4.78, 5) is 35.7. The van der Waals surface area contributed by atoms with E-state index >= 15 is 0 Å². The molecule has 0 aromatic carbocycles. The summed E-state index contributed by atoms with van der Waals surface area (Å²) in [5, 5.41) is 0. The molecule has 78 heavy (non-hydrogen) atoms. The van der Waals surface area contributed by atoms with Crippen LogP contribution < -0.4 is 0 Å². The molecule has 0 fully saturated rings. The molecule has 0 saturated heterocycles. The Labute approximate surface area is 482 Å². The number of nitrogens with zero attached hydrogens (tertiary/aromatic N) is 1. The maximum Gasteiger partial charge on any atom is 0.472 e. The first-order valence-corrected chi connectivity index (χ1v) is 34.2. The number of phosphoric acid groups is 1. The Bertz CT molecular complexity index is 1550. The molecule has 2 atom stereocenters. The van der Waals surface area contributed by atoms with Gasteiger partial charge >= 0.3 is 19.8 Å². The number of carbonyl (C=O) groups is 2. The molecule has 0 radical (unpaired) electrons. The first-order chi connectivity index (χ1) is 38.0. The van der Waals surface area contributed by atoms with Crippen LogP contribution in [0.3, 0.4) is 0 Å². The Morgan fingerprint density at radius 3 is 1.09 bits per heavy atom. The van der Waals surface area contributed by atoms with E-state index in [4.69, 9.17) is 18.5 Å². The lowest BCUT2D eigenvalue weighted by Gasteiger charge is -2.24. The Kier molecular flexibility index (Phi) is 57.2. The van der Waals surface area contributed by atoms with E-state index < -0.39 is 26.5 Å². The van der Waals surface area contributed by atoms with Gasteiger partial charge in [-0.2, -0.15) is 0 Å². The smallest absolute Gasteiger partial charge is 0.462 e. The number of unbranched alkanes of at least 4 members (excludes halogenated alkanes) is 34. The number of hydrogen-bond donors (Lipinski definition) is 1. The zero-order valence-electron chi connectivity index (χ0n) is 51.6. The van der Waals surface area contributed by atoms with Crippen molar-refractivity contribution in [2.45, 2.75) is 302 Å². The lowest BCUT2D eigenvalue weighted by atomic mass is 10.0. The molecule has 0 aromatic rings. The number of carbonyl (C=O) groups excluding carboxylic acids is 2. The molecule has 0 saturated carbocycles. The van der Waals surface area contributed by atoms with Gasteiger partial charge in [-0.1, -0.05) is 273 Å². The molecule has 0 aromatic heterocycles. The molecule has 454 valence electrons. The van der Waals surface area contributed by atoms with Crippen LogP contribution >= 0.6 is 7.82 Å². The van der Waals surface area contributed by atoms with Gasteiger partial charge in [0, 0.05) is 12.8 Å². The van der Waals surface area contributed by atoms with E-state index in [1.807, 2.05) is 21.1 Å². The summed E-state index contributed by atoms with van der Waals surface area (Å²) in [7, 11) is 1.48. The lowest BCUT2D eigenvalue weighted by molar-refractivity contribution is -0.870. The molecule has 0 aliphatic heterocycles. The Balaban J connectivity index is 3.97. The minimum atomic E-state index is -4.39. The Morgan fingerprint density at radius 2 is 0.731 bits per heavy atom. The summed E-state index contributed by atoms with van der Waals surface area (Å²) in [5.74, 6) is -0.800. The van der Waals surface area contributed by atoms with Crippen molar-refractivity contribution < 1.29 is 42.1 Å². The van der Waals surface area contributed by atoms with Crippen LogP contribution in [-0.4, -0.2) is 74.9 Å². The normalized spacial score (nSPS) is 13.7. The summed E-state index contributed by atoms with van der Waals surface area (Å²) in [6, 6.07) is 0. The minimum Gasteiger partial charge on any atom is -0.462 e. The van der Waals surface area contributed by atoms with Crippen molar-refractivity contribution in [2.75, 3.05) is 47.5 Å². The van der Waals surface area contributed by atoms with Gasteiger partial charge in [0.05, 0.1) is 27.7 Å². The Morgan fingerprint density at radius 1 is 0.410 bits per heavy atom. The average Bonchev–Trinajstić information content (AvgIpc) is 3.41. The summed E-state index contributed by atoms with van der Waals surface area (Å²) < 4.78 is 34.6. The predicted octanol–water partition coefficient (Wildman–Crippen LogP) is 20.8. The van der Waals surface area contributed by atoms with Crippen molar-refractivity contribution in [3.05, 3.63) is 72.9 Å². The third-order valence-corrected chi connectivity index (χ3v) is 15.2. The lowest BCUT2D eigenvalue weighted by Crippen LogP contribution is -2.37. The standard InChI is InChI=1S/C68H124NO8P/c1-6-8-10-12-14-16-18-20-22-24-25-26-27-28-29-30-31-32-33-34-35-36-37-38-39-40-41-42-43-45-47-49-51-53-55-57-59-61-68(71)77-66(65-76-78(72,73)75-63-62-69(3,4)5)64-74-67(70)60-58-56-54-52-50-48-46-44-23-21-19-17-15-13-11-9-7-2/h9,11,15,17-18,20-21,23-25,27-28,66H,6-8,10,12-14,16,19,22,26,29-65H2,1-5H3/p+1/b11-9-,17-15-,20-18-,23-21-,25-24-,28-27-. The molecule has 10 heteroatoms. The number of rotatable bonds is 60. The summed E-state index contributed by atoms with van der Waals surface area (Å²) >= 11 is 0. The number of quaternary nitrogens is 1. The molecule has 0 amide bonds. The highest BCUT2D eigenvalue weighted by Gasteiger charge is 2.27. The van der Waals surface area contributed by atoms with Gasteiger partial charge in [0.2, 0.25) is 0 Å². The molecule has 9 nitrogen and oxygen atoms in total. The third-order valence-electron chi connectivity index (χ3n) is 14.2. The molecule has 2 unspecified atom stereocenters. The van der Waals surface area contributed by atoms with Crippen LogP contribution in [0.5, 0.6) is 0 Å². The fraction of sp³-hybridized carbons (Fsp3) is 0.794. The van der Waals surface area contributed by atoms with E-state index in [0.29, 0.717) is 17.4 Å². The first-order valence-electron chi connectivity index (χ1n) is 32.7. The first kappa shape index (κ1) is 75.5. The number of esters is 2. The van der Waals surface area contributed by atoms with Crippen molar-refractivity contribution in [1.29, 1.82) is 0 Å². The fourth-order valence-corrected chi connectivity index (χ4v) is 9.96. The van der Waals surface area contributed by atoms with E-state index in [1.165, 1.54) is 186 Å². The van der Waals surface area contributed by atoms with Gasteiger partial charge in [-0.3, -0.25) is 18.6 Å². The van der Waals surface area contributed by atoms with E-state index in [-0.39, 0.29) is 32.0 Å². The number of likely N-dealkylation sites (N-methyl/N-ethyl adjacent to an activating group) is 1. The zero-order valence-corrected chi connectivity index (χ0v) is 52.5. The monoisotopic (exact) mass is 1110 g/mol. The molecule has 0 aliphatic carbocycles. The van der Waals surface area contributed by atoms with Gasteiger partial charge in [-0.25, -0.2) is 4.57 Å². The number of allylic oxidation sites excluding steroid dienone is 12. The van der Waals surface area contributed by atoms with Crippen molar-refractivity contribution in [2.24, 2.45) is 0 Å². The number of ether oxygens (including phenoxy) is 2. The maximum atomic E-state index is 12.8. The van der Waals surface area contributed by atoms with E-state index in [2.05, 4.69) is 86.8 Å². The summed E-state index contributed by atoms with van der Waals surface area (Å²) in [6.07, 6.45) is 78.6. The minimum absolute atomic E-state index is 0.0291. The average molecular weight is 1120 g/mol. The van der Waals surface area contributed by atoms with Crippen LogP contribution in [0, 0.1) is 0 Å².